The maximum absolute atomic E-state index is 11.8. The highest BCUT2D eigenvalue weighted by Gasteiger charge is 2.10. The van der Waals surface area contributed by atoms with E-state index in [1.807, 2.05) is 91.3 Å². The van der Waals surface area contributed by atoms with Crippen LogP contribution in [0.5, 0.6) is 0 Å². The number of nitrogens with zero attached hydrogens (tertiary/aromatic N) is 7. The Morgan fingerprint density at radius 2 is 1.40 bits per heavy atom. The molecule has 0 saturated heterocycles. The van der Waals surface area contributed by atoms with Gasteiger partial charge in [0, 0.05) is 75.4 Å². The molecule has 0 bridgehead atoms. The Kier molecular flexibility index (Phi) is 12.7. The molecular formula is C36H46N8O+2. The van der Waals surface area contributed by atoms with Gasteiger partial charge in [-0.2, -0.15) is 10.2 Å². The minimum Gasteiger partial charge on any atom is -0.372 e. The summed E-state index contributed by atoms with van der Waals surface area (Å²) < 4.78 is 4.42. The molecule has 0 spiro atoms. The maximum Gasteiger partial charge on any atom is 0.221 e. The zero-order valence-electron chi connectivity index (χ0n) is 27.0. The van der Waals surface area contributed by atoms with E-state index in [-0.39, 0.29) is 5.91 Å². The number of hydrogen-bond donors (Lipinski definition) is 1. The van der Waals surface area contributed by atoms with Crippen molar-refractivity contribution in [2.24, 2.45) is 15.3 Å². The van der Waals surface area contributed by atoms with E-state index in [1.165, 1.54) is 19.8 Å². The lowest BCUT2D eigenvalue weighted by molar-refractivity contribution is -0.698. The minimum atomic E-state index is -0.134. The van der Waals surface area contributed by atoms with Crippen LogP contribution in [0.4, 0.5) is 28.4 Å². The molecule has 234 valence electrons. The molecular weight excluding hydrogens is 560 g/mol. The van der Waals surface area contributed by atoms with Crippen molar-refractivity contribution in [1.82, 2.24) is 0 Å². The molecule has 0 atom stereocenters. The van der Waals surface area contributed by atoms with Crippen molar-refractivity contribution in [3.05, 3.63) is 103 Å². The van der Waals surface area contributed by atoms with Crippen LogP contribution in [0.1, 0.15) is 52.0 Å². The number of hydrogen-bond acceptors (Lipinski definition) is 6. The van der Waals surface area contributed by atoms with Crippen LogP contribution >= 0.6 is 0 Å². The summed E-state index contributed by atoms with van der Waals surface area (Å²) in [5.41, 5.74) is 5.25. The summed E-state index contributed by atoms with van der Waals surface area (Å²) in [6.07, 6.45) is 14.9. The number of benzene rings is 2. The van der Waals surface area contributed by atoms with Crippen LogP contribution < -0.4 is 24.4 Å². The van der Waals surface area contributed by atoms with Crippen LogP contribution in [0.3, 0.4) is 0 Å². The Hall–Kier alpha value is -4.92. The van der Waals surface area contributed by atoms with Gasteiger partial charge in [0.05, 0.1) is 23.3 Å². The zero-order chi connectivity index (χ0) is 31.9. The third-order valence-electron chi connectivity index (χ3n) is 7.58. The third-order valence-corrected chi connectivity index (χ3v) is 7.58. The summed E-state index contributed by atoms with van der Waals surface area (Å²) in [7, 11) is 1.95. The number of carbonyl (C=O) groups excluding carboxylic acids is 1. The number of pyridine rings is 2. The molecule has 2 heterocycles. The maximum atomic E-state index is 11.8. The lowest BCUT2D eigenvalue weighted by Crippen LogP contribution is -2.33. The van der Waals surface area contributed by atoms with Crippen molar-refractivity contribution in [1.29, 1.82) is 0 Å². The molecule has 45 heavy (non-hydrogen) atoms. The Morgan fingerprint density at radius 3 is 2.00 bits per heavy atom. The number of rotatable bonds is 16. The van der Waals surface area contributed by atoms with Gasteiger partial charge in [-0.1, -0.05) is 18.2 Å². The monoisotopic (exact) mass is 606 g/mol. The van der Waals surface area contributed by atoms with Gasteiger partial charge in [-0.05, 0) is 57.0 Å². The molecule has 9 nitrogen and oxygen atoms in total. The fourth-order valence-electron chi connectivity index (χ4n) is 4.97. The number of unbranched alkanes of at least 4 members (excludes halogenated alkanes) is 3. The Bertz CT molecular complexity index is 1530. The molecule has 0 aliphatic rings. The zero-order valence-corrected chi connectivity index (χ0v) is 27.0. The molecule has 0 unspecified atom stereocenters. The molecule has 4 rings (SSSR count). The van der Waals surface area contributed by atoms with E-state index in [2.05, 4.69) is 73.1 Å². The summed E-state index contributed by atoms with van der Waals surface area (Å²) in [4.78, 5) is 14.0. The first-order chi connectivity index (χ1) is 21.9. The van der Waals surface area contributed by atoms with Crippen LogP contribution in [0.25, 0.3) is 0 Å². The van der Waals surface area contributed by atoms with E-state index in [1.54, 1.807) is 0 Å². The third kappa shape index (κ3) is 10.6. The predicted octanol–water partition coefficient (Wildman–Crippen LogP) is 7.21. The quantitative estimate of drug-likeness (QED) is 0.0481. The second-order valence-corrected chi connectivity index (χ2v) is 10.9. The number of aromatic nitrogens is 2. The summed E-state index contributed by atoms with van der Waals surface area (Å²) in [5.74, 6) is -0.134. The molecule has 9 heteroatoms. The average Bonchev–Trinajstić information content (AvgIpc) is 3.06. The lowest BCUT2D eigenvalue weighted by atomic mass is 10.2. The van der Waals surface area contributed by atoms with E-state index >= 15 is 0 Å². The number of amides is 1. The molecule has 0 aliphatic heterocycles. The number of para-hydroxylation sites is 1. The first kappa shape index (κ1) is 33.0. The van der Waals surface area contributed by atoms with Crippen molar-refractivity contribution in [3.63, 3.8) is 0 Å². The van der Waals surface area contributed by atoms with Crippen molar-refractivity contribution in [2.45, 2.75) is 59.5 Å². The normalized spacial score (nSPS) is 11.3. The molecule has 0 fully saturated rings. The van der Waals surface area contributed by atoms with Gasteiger partial charge in [-0.15, -0.1) is 5.11 Å². The first-order valence-corrected chi connectivity index (χ1v) is 15.8. The lowest BCUT2D eigenvalue weighted by Gasteiger charge is -2.22. The predicted molar refractivity (Wildman–Crippen MR) is 183 cm³/mol. The van der Waals surface area contributed by atoms with Crippen LogP contribution in [-0.4, -0.2) is 32.3 Å². The smallest absolute Gasteiger partial charge is 0.221 e. The van der Waals surface area contributed by atoms with Gasteiger partial charge in [-0.3, -0.25) is 9.80 Å². The van der Waals surface area contributed by atoms with Gasteiger partial charge in [0.2, 0.25) is 5.91 Å². The van der Waals surface area contributed by atoms with Gasteiger partial charge in [-0.25, -0.2) is 9.13 Å². The van der Waals surface area contributed by atoms with Crippen LogP contribution in [-0.2, 0) is 17.9 Å². The molecule has 0 radical (unpaired) electrons. The van der Waals surface area contributed by atoms with Gasteiger partial charge < -0.3 is 10.2 Å². The van der Waals surface area contributed by atoms with E-state index < -0.39 is 0 Å². The summed E-state index contributed by atoms with van der Waals surface area (Å²) in [5, 5.41) is 18.2. The molecule has 2 aromatic heterocycles. The molecule has 4 aromatic rings. The number of aryl methyl sites for hydroxylation is 2. The van der Waals surface area contributed by atoms with E-state index in [4.69, 9.17) is 0 Å². The molecule has 1 amide bonds. The topological polar surface area (TPSA) is 80.4 Å². The van der Waals surface area contributed by atoms with Crippen molar-refractivity contribution < 1.29 is 13.9 Å². The molecule has 0 aliphatic carbocycles. The number of nitrogens with one attached hydrogen (secondary N) is 1. The fourth-order valence-corrected chi connectivity index (χ4v) is 4.97. The average molecular weight is 607 g/mol. The summed E-state index contributed by atoms with van der Waals surface area (Å²) in [6.45, 7) is 9.48. The van der Waals surface area contributed by atoms with Gasteiger partial charge in [0.15, 0.2) is 24.8 Å². The van der Waals surface area contributed by atoms with Crippen LogP contribution in [0, 0.1) is 0 Å². The highest BCUT2D eigenvalue weighted by molar-refractivity contribution is 5.93. The van der Waals surface area contributed by atoms with Crippen molar-refractivity contribution in [3.8, 4) is 0 Å². The number of anilines is 3. The number of hydrazone groups is 1. The SMILES string of the molecule is CCN(CC)c1ccc(N=Nc2cc[n+](CCCCCC[n+]3ccc(C=NN(C)c4ccccc4)cc3)cc2)c(NC(C)=O)c1. The van der Waals surface area contributed by atoms with E-state index in [0.717, 1.165) is 61.6 Å². The van der Waals surface area contributed by atoms with Crippen molar-refractivity contribution in [2.75, 3.05) is 35.4 Å². The van der Waals surface area contributed by atoms with Gasteiger partial charge >= 0.3 is 0 Å². The van der Waals surface area contributed by atoms with E-state index in [9.17, 15) is 4.79 Å². The Balaban J connectivity index is 1.18. The second kappa shape index (κ2) is 17.4. The van der Waals surface area contributed by atoms with Crippen LogP contribution in [0.15, 0.2) is 113 Å². The second-order valence-electron chi connectivity index (χ2n) is 10.9. The van der Waals surface area contributed by atoms with Gasteiger partial charge in [0.25, 0.3) is 0 Å². The van der Waals surface area contributed by atoms with Crippen LogP contribution in [0.2, 0.25) is 0 Å². The molecule has 2 aromatic carbocycles. The van der Waals surface area contributed by atoms with E-state index in [0.29, 0.717) is 11.4 Å². The minimum absolute atomic E-state index is 0.134. The largest absolute Gasteiger partial charge is 0.372 e. The Morgan fingerprint density at radius 1 is 0.778 bits per heavy atom. The number of carbonyl (C=O) groups is 1. The van der Waals surface area contributed by atoms with Gasteiger partial charge in [0.1, 0.15) is 18.8 Å². The number of azo groups is 1. The first-order valence-electron chi connectivity index (χ1n) is 15.8. The molecule has 1 N–H and O–H groups in total. The Labute approximate surface area is 267 Å². The summed E-state index contributed by atoms with van der Waals surface area (Å²) >= 11 is 0. The van der Waals surface area contributed by atoms with Crippen molar-refractivity contribution >= 4 is 40.6 Å². The standard InChI is InChI=1S/C36H45N8O/c1-5-44(6-2)34-16-17-35(36(28-34)38-30(3)45)40-39-32-20-26-43(27-21-32)23-13-8-7-12-22-42-24-18-31(19-25-42)29-37-41(4)33-14-10-9-11-15-33/h9-11,14-21,24-29H,5-8,12-13,22-23H2,1-4H3/q+1/p+1. The highest BCUT2D eigenvalue weighted by atomic mass is 16.1. The fraction of sp³-hybridized carbons (Fsp3) is 0.333. The molecule has 0 saturated carbocycles. The summed E-state index contributed by atoms with van der Waals surface area (Å²) in [6, 6.07) is 24.1. The highest BCUT2D eigenvalue weighted by Crippen LogP contribution is 2.31.